The fourth-order valence-corrected chi connectivity index (χ4v) is 7.09. The van der Waals surface area contributed by atoms with Crippen LogP contribution < -0.4 is 15.3 Å². The molecular weight excluding hydrogens is 524 g/mol. The highest BCUT2D eigenvalue weighted by Gasteiger charge is 2.34. The Morgan fingerprint density at radius 2 is 1.45 bits per heavy atom. The number of benzene rings is 2. The maximum atomic E-state index is 6.13. The van der Waals surface area contributed by atoms with Crippen LogP contribution in [0.25, 0.3) is 11.0 Å². The lowest BCUT2D eigenvalue weighted by atomic mass is 10.0. The number of fused-ring (bicyclic) bond motifs is 1. The van der Waals surface area contributed by atoms with E-state index < -0.39 is 0 Å². The fourth-order valence-electron chi connectivity index (χ4n) is 7.09. The highest BCUT2D eigenvalue weighted by atomic mass is 16.7. The van der Waals surface area contributed by atoms with Crippen molar-refractivity contribution in [3.63, 3.8) is 0 Å². The van der Waals surface area contributed by atoms with E-state index in [0.717, 1.165) is 54.1 Å². The average molecular weight is 565 g/mol. The zero-order chi connectivity index (χ0) is 27.9. The largest absolute Gasteiger partial charge is 0.371 e. The Balaban J connectivity index is 0.928. The summed E-state index contributed by atoms with van der Waals surface area (Å²) in [5.41, 5.74) is 4.27. The van der Waals surface area contributed by atoms with Crippen LogP contribution in [0.2, 0.25) is 0 Å². The van der Waals surface area contributed by atoms with Crippen molar-refractivity contribution in [1.29, 1.82) is 0 Å². The average Bonchev–Trinajstić information content (AvgIpc) is 3.58. The lowest BCUT2D eigenvalue weighted by molar-refractivity contribution is 0.0809. The van der Waals surface area contributed by atoms with Gasteiger partial charge in [0.2, 0.25) is 5.95 Å². The van der Waals surface area contributed by atoms with Crippen molar-refractivity contribution in [2.75, 3.05) is 61.2 Å². The second kappa shape index (κ2) is 11.2. The van der Waals surface area contributed by atoms with Gasteiger partial charge in [-0.3, -0.25) is 14.6 Å². The van der Waals surface area contributed by atoms with E-state index in [9.17, 15) is 0 Å². The number of nitrogens with one attached hydrogen (secondary N) is 2. The SMILES string of the molecule is c1ccc([C@@H]2CCON2c2nc(Nc3ccc(N4CCC(N5CCN(C6CC6)CC5)CC4)cc3)nc3[nH]ccc23)cc1. The van der Waals surface area contributed by atoms with Gasteiger partial charge in [-0.15, -0.1) is 0 Å². The first-order valence-electron chi connectivity index (χ1n) is 15.7. The molecule has 1 atom stereocenters. The highest BCUT2D eigenvalue weighted by molar-refractivity contribution is 5.88. The number of aromatic amines is 1. The summed E-state index contributed by atoms with van der Waals surface area (Å²) in [5, 5.41) is 6.35. The van der Waals surface area contributed by atoms with Crippen LogP contribution in [0.15, 0.2) is 66.9 Å². The van der Waals surface area contributed by atoms with Crippen molar-refractivity contribution in [3.05, 3.63) is 72.4 Å². The van der Waals surface area contributed by atoms with E-state index in [4.69, 9.17) is 14.8 Å². The number of anilines is 4. The molecule has 4 aliphatic rings. The maximum Gasteiger partial charge on any atom is 0.231 e. The van der Waals surface area contributed by atoms with Crippen LogP contribution >= 0.6 is 0 Å². The Hall–Kier alpha value is -3.66. The third kappa shape index (κ3) is 5.21. The lowest BCUT2D eigenvalue weighted by Crippen LogP contribution is -2.53. The fraction of sp³-hybridized carbons (Fsp3) is 0.455. The molecule has 0 amide bonds. The van der Waals surface area contributed by atoms with Gasteiger partial charge in [0, 0.05) is 75.3 Å². The molecule has 0 unspecified atom stereocenters. The van der Waals surface area contributed by atoms with Crippen molar-refractivity contribution < 1.29 is 4.84 Å². The van der Waals surface area contributed by atoms with Crippen molar-refractivity contribution in [2.24, 2.45) is 0 Å². The molecule has 4 fully saturated rings. The van der Waals surface area contributed by atoms with Crippen LogP contribution in [0.1, 0.15) is 43.7 Å². The highest BCUT2D eigenvalue weighted by Crippen LogP contribution is 2.38. The Kier molecular flexibility index (Phi) is 6.94. The van der Waals surface area contributed by atoms with E-state index in [-0.39, 0.29) is 6.04 Å². The second-order valence-corrected chi connectivity index (χ2v) is 12.2. The van der Waals surface area contributed by atoms with Crippen molar-refractivity contribution >= 4 is 34.2 Å². The Bertz CT molecular complexity index is 1490. The predicted octanol–water partition coefficient (Wildman–Crippen LogP) is 5.33. The number of piperazine rings is 1. The molecule has 1 aliphatic carbocycles. The normalized spacial score (nSPS) is 22.7. The summed E-state index contributed by atoms with van der Waals surface area (Å²) < 4.78 is 0. The number of nitrogens with zero attached hydrogens (tertiary/aromatic N) is 6. The third-order valence-corrected chi connectivity index (χ3v) is 9.58. The Morgan fingerprint density at radius 3 is 2.17 bits per heavy atom. The zero-order valence-electron chi connectivity index (χ0n) is 24.2. The summed E-state index contributed by atoms with van der Waals surface area (Å²) >= 11 is 0. The Labute approximate surface area is 247 Å². The number of H-pyrrole nitrogens is 1. The standard InChI is InChI=1S/C33H40N8O/c1-2-4-24(5-3-1)30-15-23-42-41(30)32-29-12-16-34-31(29)36-33(37-32)35-25-6-8-26(9-7-25)38-17-13-28(14-18-38)40-21-19-39(20-22-40)27-10-11-27/h1-9,12,16,27-28,30H,10-11,13-15,17-23H2,(H2,34,35,36,37)/t30-/m0/s1. The minimum atomic E-state index is 0.114. The van der Waals surface area contributed by atoms with Gasteiger partial charge in [0.1, 0.15) is 5.65 Å². The van der Waals surface area contributed by atoms with Gasteiger partial charge < -0.3 is 15.2 Å². The summed E-state index contributed by atoms with van der Waals surface area (Å²) in [6, 6.07) is 23.0. The first-order chi connectivity index (χ1) is 20.8. The molecule has 3 aliphatic heterocycles. The van der Waals surface area contributed by atoms with Crippen molar-refractivity contribution in [1.82, 2.24) is 24.8 Å². The Morgan fingerprint density at radius 1 is 0.738 bits per heavy atom. The van der Waals surface area contributed by atoms with E-state index in [1.165, 1.54) is 63.1 Å². The maximum absolute atomic E-state index is 6.13. The molecule has 4 aromatic rings. The molecule has 2 aromatic heterocycles. The number of aromatic nitrogens is 3. The van der Waals surface area contributed by atoms with Crippen molar-refractivity contribution in [3.8, 4) is 0 Å². The summed E-state index contributed by atoms with van der Waals surface area (Å²) in [6.07, 6.45) is 8.17. The van der Waals surface area contributed by atoms with Crippen LogP contribution in [0.3, 0.4) is 0 Å². The quantitative estimate of drug-likeness (QED) is 0.312. The molecule has 0 radical (unpaired) electrons. The lowest BCUT2D eigenvalue weighted by Gasteiger charge is -2.43. The molecule has 5 heterocycles. The van der Waals surface area contributed by atoms with Crippen LogP contribution in [0.5, 0.6) is 0 Å². The van der Waals surface area contributed by atoms with E-state index in [1.54, 1.807) is 0 Å². The molecule has 1 saturated carbocycles. The molecule has 9 nitrogen and oxygen atoms in total. The van der Waals surface area contributed by atoms with Gasteiger partial charge in [0.15, 0.2) is 5.82 Å². The van der Waals surface area contributed by atoms with Gasteiger partial charge in [0.05, 0.1) is 18.0 Å². The van der Waals surface area contributed by atoms with E-state index in [0.29, 0.717) is 12.6 Å². The smallest absolute Gasteiger partial charge is 0.231 e. The van der Waals surface area contributed by atoms with E-state index in [2.05, 4.69) is 73.5 Å². The van der Waals surface area contributed by atoms with Crippen LogP contribution in [0.4, 0.5) is 23.1 Å². The number of hydrogen-bond donors (Lipinski definition) is 2. The van der Waals surface area contributed by atoms with E-state index in [1.807, 2.05) is 23.4 Å². The van der Waals surface area contributed by atoms with Gasteiger partial charge >= 0.3 is 0 Å². The first-order valence-corrected chi connectivity index (χ1v) is 15.7. The number of rotatable bonds is 7. The van der Waals surface area contributed by atoms with Crippen molar-refractivity contribution in [2.45, 2.75) is 50.2 Å². The minimum Gasteiger partial charge on any atom is -0.371 e. The molecule has 0 bridgehead atoms. The van der Waals surface area contributed by atoms with Gasteiger partial charge in [-0.05, 0) is 61.6 Å². The van der Waals surface area contributed by atoms with Crippen LogP contribution in [-0.2, 0) is 4.84 Å². The third-order valence-electron chi connectivity index (χ3n) is 9.58. The van der Waals surface area contributed by atoms with E-state index >= 15 is 0 Å². The van der Waals surface area contributed by atoms with Gasteiger partial charge in [-0.2, -0.15) is 9.97 Å². The van der Waals surface area contributed by atoms with Gasteiger partial charge in [-0.25, -0.2) is 5.06 Å². The molecule has 2 aromatic carbocycles. The first kappa shape index (κ1) is 26.0. The molecule has 9 heteroatoms. The number of hydroxylamine groups is 1. The monoisotopic (exact) mass is 564 g/mol. The van der Waals surface area contributed by atoms with Crippen LogP contribution in [0, 0.1) is 0 Å². The summed E-state index contributed by atoms with van der Waals surface area (Å²) in [4.78, 5) is 27.1. The predicted molar refractivity (Wildman–Crippen MR) is 167 cm³/mol. The molecule has 42 heavy (non-hydrogen) atoms. The molecule has 0 spiro atoms. The summed E-state index contributed by atoms with van der Waals surface area (Å²) in [7, 11) is 0. The molecule has 3 saturated heterocycles. The van der Waals surface area contributed by atoms with Gasteiger partial charge in [0.25, 0.3) is 0 Å². The second-order valence-electron chi connectivity index (χ2n) is 12.2. The summed E-state index contributed by atoms with van der Waals surface area (Å²) in [5.74, 6) is 1.33. The molecular formula is C33H40N8O. The van der Waals surface area contributed by atoms with Gasteiger partial charge in [-0.1, -0.05) is 30.3 Å². The minimum absolute atomic E-state index is 0.114. The molecule has 218 valence electrons. The zero-order valence-corrected chi connectivity index (χ0v) is 24.2. The summed E-state index contributed by atoms with van der Waals surface area (Å²) in [6.45, 7) is 7.92. The number of hydrogen-bond acceptors (Lipinski definition) is 8. The molecule has 8 rings (SSSR count). The number of piperidine rings is 1. The van der Waals surface area contributed by atoms with Crippen LogP contribution in [-0.4, -0.2) is 82.7 Å². The topological polar surface area (TPSA) is 75.8 Å². The molecule has 2 N–H and O–H groups in total.